The molecule has 0 amide bonds. The molecular weight excluding hydrogens is 372 g/mol. The van der Waals surface area contributed by atoms with E-state index in [1.165, 1.54) is 65.3 Å². The minimum Gasteiger partial charge on any atom is -0.0616 e. The lowest BCUT2D eigenvalue weighted by Crippen LogP contribution is -2.16. The molecule has 0 unspecified atom stereocenters. The van der Waals surface area contributed by atoms with E-state index >= 15 is 0 Å². The van der Waals surface area contributed by atoms with Crippen LogP contribution in [0.1, 0.15) is 25.0 Å². The van der Waals surface area contributed by atoms with Gasteiger partial charge in [0.25, 0.3) is 0 Å². The third-order valence-electron chi connectivity index (χ3n) is 7.31. The fourth-order valence-corrected chi connectivity index (χ4v) is 5.95. The van der Waals surface area contributed by atoms with Crippen LogP contribution in [0.2, 0.25) is 0 Å². The van der Waals surface area contributed by atoms with Gasteiger partial charge in [-0.2, -0.15) is 0 Å². The lowest BCUT2D eigenvalue weighted by Gasteiger charge is -2.25. The molecule has 31 heavy (non-hydrogen) atoms. The zero-order valence-electron chi connectivity index (χ0n) is 17.7. The molecular formula is C31H22. The van der Waals surface area contributed by atoms with Gasteiger partial charge >= 0.3 is 0 Å². The van der Waals surface area contributed by atoms with Crippen molar-refractivity contribution in [1.82, 2.24) is 0 Å². The highest BCUT2D eigenvalue weighted by Gasteiger charge is 2.38. The van der Waals surface area contributed by atoms with Gasteiger partial charge in [0.2, 0.25) is 0 Å². The molecule has 0 bridgehead atoms. The van der Waals surface area contributed by atoms with Crippen LogP contribution in [0.3, 0.4) is 0 Å². The van der Waals surface area contributed by atoms with Gasteiger partial charge in [0, 0.05) is 5.41 Å². The molecule has 1 aliphatic carbocycles. The fourth-order valence-electron chi connectivity index (χ4n) is 5.95. The maximum atomic E-state index is 2.40. The standard InChI is InChI=1S/C31H22/c1-31(2)29-25(13-11-23-15-19-7-3-5-9-21(19)17-27(23)29)26-14-12-24-16-20-8-4-6-10-22(20)18-28(24)30(26)31/h3-18H,1-2H3. The van der Waals surface area contributed by atoms with Crippen LogP contribution >= 0.6 is 0 Å². The Hall–Kier alpha value is -3.64. The first-order chi connectivity index (χ1) is 15.1. The van der Waals surface area contributed by atoms with E-state index in [1.807, 2.05) is 0 Å². The van der Waals surface area contributed by atoms with Gasteiger partial charge in [0.05, 0.1) is 0 Å². The summed E-state index contributed by atoms with van der Waals surface area (Å²) in [4.78, 5) is 0. The summed E-state index contributed by atoms with van der Waals surface area (Å²) in [5.74, 6) is 0. The van der Waals surface area contributed by atoms with Crippen molar-refractivity contribution in [1.29, 1.82) is 0 Å². The molecule has 0 N–H and O–H groups in total. The van der Waals surface area contributed by atoms with Gasteiger partial charge in [-0.15, -0.1) is 0 Å². The monoisotopic (exact) mass is 394 g/mol. The van der Waals surface area contributed by atoms with Crippen LogP contribution in [0.15, 0.2) is 97.1 Å². The van der Waals surface area contributed by atoms with Gasteiger partial charge in [-0.1, -0.05) is 86.6 Å². The third kappa shape index (κ3) is 2.20. The van der Waals surface area contributed by atoms with Crippen molar-refractivity contribution in [2.75, 3.05) is 0 Å². The fraction of sp³-hybridized carbons (Fsp3) is 0.0968. The second kappa shape index (κ2) is 5.74. The molecule has 6 aromatic carbocycles. The summed E-state index contributed by atoms with van der Waals surface area (Å²) < 4.78 is 0. The van der Waals surface area contributed by atoms with Gasteiger partial charge in [-0.25, -0.2) is 0 Å². The average Bonchev–Trinajstić information content (AvgIpc) is 3.03. The van der Waals surface area contributed by atoms with Crippen molar-refractivity contribution >= 4 is 43.1 Å². The lowest BCUT2D eigenvalue weighted by molar-refractivity contribution is 0.672. The molecule has 0 nitrogen and oxygen atoms in total. The lowest BCUT2D eigenvalue weighted by atomic mass is 9.78. The van der Waals surface area contributed by atoms with E-state index < -0.39 is 0 Å². The first-order valence-corrected chi connectivity index (χ1v) is 11.0. The van der Waals surface area contributed by atoms with Gasteiger partial charge in [0.15, 0.2) is 0 Å². The van der Waals surface area contributed by atoms with Crippen LogP contribution in [-0.2, 0) is 5.41 Å². The molecule has 0 atom stereocenters. The normalized spacial score (nSPS) is 14.4. The molecule has 0 spiro atoms. The predicted molar refractivity (Wildman–Crippen MR) is 134 cm³/mol. The molecule has 0 saturated carbocycles. The van der Waals surface area contributed by atoms with E-state index in [2.05, 4.69) is 111 Å². The number of hydrogen-bond acceptors (Lipinski definition) is 0. The molecule has 0 heteroatoms. The van der Waals surface area contributed by atoms with Crippen molar-refractivity contribution < 1.29 is 0 Å². The SMILES string of the molecule is CC1(C)c2c(ccc3cc4ccccc4cc23)-c2ccc3cc4ccccc4cc3c21. The molecule has 0 aliphatic heterocycles. The quantitative estimate of drug-likeness (QED) is 0.226. The molecule has 6 aromatic rings. The maximum absolute atomic E-state index is 2.40. The highest BCUT2D eigenvalue weighted by atomic mass is 14.4. The van der Waals surface area contributed by atoms with Crippen LogP contribution in [-0.4, -0.2) is 0 Å². The van der Waals surface area contributed by atoms with E-state index in [-0.39, 0.29) is 5.41 Å². The van der Waals surface area contributed by atoms with E-state index in [0.29, 0.717) is 0 Å². The summed E-state index contributed by atoms with van der Waals surface area (Å²) in [6.45, 7) is 4.81. The first-order valence-electron chi connectivity index (χ1n) is 11.0. The van der Waals surface area contributed by atoms with Gasteiger partial charge < -0.3 is 0 Å². The minimum atomic E-state index is -0.0609. The maximum Gasteiger partial charge on any atom is 0.0171 e. The Morgan fingerprint density at radius 3 is 1.23 bits per heavy atom. The minimum absolute atomic E-state index is 0.0609. The highest BCUT2D eigenvalue weighted by molar-refractivity contribution is 6.09. The second-order valence-corrected chi connectivity index (χ2v) is 9.44. The molecule has 0 heterocycles. The molecule has 7 rings (SSSR count). The number of rotatable bonds is 0. The Morgan fingerprint density at radius 2 is 0.806 bits per heavy atom. The Labute approximate surface area is 181 Å². The second-order valence-electron chi connectivity index (χ2n) is 9.44. The van der Waals surface area contributed by atoms with E-state index in [0.717, 1.165) is 0 Å². The molecule has 0 fully saturated rings. The zero-order valence-corrected chi connectivity index (χ0v) is 17.7. The Morgan fingerprint density at radius 1 is 0.419 bits per heavy atom. The van der Waals surface area contributed by atoms with Crippen LogP contribution in [0.5, 0.6) is 0 Å². The van der Waals surface area contributed by atoms with Gasteiger partial charge in [0.1, 0.15) is 0 Å². The summed E-state index contributed by atoms with van der Waals surface area (Å²) in [6, 6.07) is 36.2. The molecule has 0 saturated heterocycles. The van der Waals surface area contributed by atoms with Gasteiger partial charge in [-0.3, -0.25) is 0 Å². The van der Waals surface area contributed by atoms with Crippen molar-refractivity contribution in [2.45, 2.75) is 19.3 Å². The predicted octanol–water partition coefficient (Wildman–Crippen LogP) is 8.61. The Bertz CT molecular complexity index is 1570. The number of benzene rings is 6. The van der Waals surface area contributed by atoms with Crippen molar-refractivity contribution in [3.63, 3.8) is 0 Å². The molecule has 0 aromatic heterocycles. The highest BCUT2D eigenvalue weighted by Crippen LogP contribution is 2.54. The summed E-state index contributed by atoms with van der Waals surface area (Å²) in [6.07, 6.45) is 0. The third-order valence-corrected chi connectivity index (χ3v) is 7.31. The average molecular weight is 395 g/mol. The zero-order chi connectivity index (χ0) is 20.7. The topological polar surface area (TPSA) is 0 Å². The Balaban J connectivity index is 1.61. The molecule has 0 radical (unpaired) electrons. The van der Waals surface area contributed by atoms with Crippen molar-refractivity contribution in [3.8, 4) is 11.1 Å². The summed E-state index contributed by atoms with van der Waals surface area (Å²) in [7, 11) is 0. The van der Waals surface area contributed by atoms with Crippen LogP contribution in [0, 0.1) is 0 Å². The van der Waals surface area contributed by atoms with Crippen LogP contribution in [0.4, 0.5) is 0 Å². The van der Waals surface area contributed by atoms with Crippen molar-refractivity contribution in [2.24, 2.45) is 0 Å². The van der Waals surface area contributed by atoms with Crippen molar-refractivity contribution in [3.05, 3.63) is 108 Å². The smallest absolute Gasteiger partial charge is 0.0171 e. The van der Waals surface area contributed by atoms with E-state index in [4.69, 9.17) is 0 Å². The largest absolute Gasteiger partial charge is 0.0616 e. The van der Waals surface area contributed by atoms with E-state index in [1.54, 1.807) is 0 Å². The Kier molecular flexibility index (Phi) is 3.16. The van der Waals surface area contributed by atoms with Crippen LogP contribution < -0.4 is 0 Å². The summed E-state index contributed by atoms with van der Waals surface area (Å²) in [5.41, 5.74) is 5.64. The number of fused-ring (bicyclic) bond motifs is 9. The molecule has 1 aliphatic rings. The summed E-state index contributed by atoms with van der Waals surface area (Å²) in [5, 5.41) is 10.6. The van der Waals surface area contributed by atoms with E-state index in [9.17, 15) is 0 Å². The summed E-state index contributed by atoms with van der Waals surface area (Å²) >= 11 is 0. The van der Waals surface area contributed by atoms with Gasteiger partial charge in [-0.05, 0) is 89.6 Å². The number of hydrogen-bond donors (Lipinski definition) is 0. The molecule has 146 valence electrons. The first kappa shape index (κ1) is 17.1. The van der Waals surface area contributed by atoms with Crippen LogP contribution in [0.25, 0.3) is 54.2 Å².